The van der Waals surface area contributed by atoms with Gasteiger partial charge in [0.15, 0.2) is 0 Å². The van der Waals surface area contributed by atoms with Gasteiger partial charge in [0, 0.05) is 12.7 Å². The molecule has 3 aliphatic heterocycles. The molecule has 0 aromatic carbocycles. The van der Waals surface area contributed by atoms with Crippen LogP contribution in [0.4, 0.5) is 0 Å². The van der Waals surface area contributed by atoms with Gasteiger partial charge in [-0.3, -0.25) is 14.9 Å². The van der Waals surface area contributed by atoms with E-state index in [-0.39, 0.29) is 0 Å². The summed E-state index contributed by atoms with van der Waals surface area (Å²) >= 11 is 0. The first-order valence-electron chi connectivity index (χ1n) is 6.03. The molecular formula is C12H18N4. The van der Waals surface area contributed by atoms with E-state index in [2.05, 4.69) is 28.0 Å². The highest BCUT2D eigenvalue weighted by molar-refractivity contribution is 6.35. The van der Waals surface area contributed by atoms with Gasteiger partial charge in [-0.05, 0) is 38.9 Å². The summed E-state index contributed by atoms with van der Waals surface area (Å²) in [5.74, 6) is 0. The monoisotopic (exact) mass is 218 g/mol. The highest BCUT2D eigenvalue weighted by atomic mass is 15.5. The number of hydrazone groups is 1. The van der Waals surface area contributed by atoms with Crippen LogP contribution in [0.25, 0.3) is 0 Å². The van der Waals surface area contributed by atoms with E-state index in [0.29, 0.717) is 12.1 Å². The van der Waals surface area contributed by atoms with Crippen molar-refractivity contribution in [1.29, 1.82) is 0 Å². The van der Waals surface area contributed by atoms with E-state index < -0.39 is 0 Å². The van der Waals surface area contributed by atoms with Crippen LogP contribution in [0.1, 0.15) is 19.8 Å². The Balaban J connectivity index is 1.90. The Morgan fingerprint density at radius 1 is 1.31 bits per heavy atom. The van der Waals surface area contributed by atoms with Crippen LogP contribution in [-0.4, -0.2) is 54.1 Å². The van der Waals surface area contributed by atoms with Gasteiger partial charge in [-0.2, -0.15) is 5.10 Å². The third-order valence-electron chi connectivity index (χ3n) is 3.68. The molecule has 4 nitrogen and oxygen atoms in total. The average molecular weight is 218 g/mol. The van der Waals surface area contributed by atoms with Crippen molar-refractivity contribution in [3.05, 3.63) is 11.8 Å². The van der Waals surface area contributed by atoms with Crippen molar-refractivity contribution in [3.8, 4) is 0 Å². The summed E-state index contributed by atoms with van der Waals surface area (Å²) in [4.78, 5) is 7.14. The lowest BCUT2D eigenvalue weighted by Gasteiger charge is -2.35. The van der Waals surface area contributed by atoms with Crippen LogP contribution in [0.15, 0.2) is 21.9 Å². The van der Waals surface area contributed by atoms with Gasteiger partial charge >= 0.3 is 0 Å². The van der Waals surface area contributed by atoms with E-state index in [0.717, 1.165) is 11.4 Å². The summed E-state index contributed by atoms with van der Waals surface area (Å²) in [6, 6.07) is 0.796. The maximum Gasteiger partial charge on any atom is 0.109 e. The van der Waals surface area contributed by atoms with E-state index in [1.54, 1.807) is 0 Å². The van der Waals surface area contributed by atoms with Gasteiger partial charge in [0.2, 0.25) is 0 Å². The van der Waals surface area contributed by atoms with Crippen molar-refractivity contribution in [2.45, 2.75) is 31.8 Å². The fourth-order valence-corrected chi connectivity index (χ4v) is 2.90. The normalized spacial score (nSPS) is 34.0. The number of aliphatic imine (C=N–C) groups is 1. The number of allylic oxidation sites excluding steroid dienone is 1. The number of likely N-dealkylation sites (N-methyl/N-ethyl adjacent to an activating group) is 1. The van der Waals surface area contributed by atoms with E-state index in [1.165, 1.54) is 25.9 Å². The fourth-order valence-electron chi connectivity index (χ4n) is 2.90. The van der Waals surface area contributed by atoms with Gasteiger partial charge in [0.05, 0.1) is 18.0 Å². The highest BCUT2D eigenvalue weighted by Crippen LogP contribution is 2.26. The van der Waals surface area contributed by atoms with Crippen molar-refractivity contribution in [2.75, 3.05) is 20.1 Å². The van der Waals surface area contributed by atoms with Gasteiger partial charge in [0.1, 0.15) is 6.04 Å². The Morgan fingerprint density at radius 2 is 2.06 bits per heavy atom. The van der Waals surface area contributed by atoms with E-state index in [1.807, 2.05) is 18.3 Å². The number of rotatable bonds is 1. The molecule has 0 aromatic heterocycles. The molecule has 3 heterocycles. The van der Waals surface area contributed by atoms with Crippen LogP contribution in [0.5, 0.6) is 0 Å². The molecule has 0 aromatic rings. The minimum absolute atomic E-state index is 0.335. The first-order chi connectivity index (χ1) is 7.75. The quantitative estimate of drug-likeness (QED) is 0.660. The zero-order valence-corrected chi connectivity index (χ0v) is 9.93. The predicted octanol–water partition coefficient (Wildman–Crippen LogP) is 1.11. The molecular weight excluding hydrogens is 200 g/mol. The molecule has 0 spiro atoms. The van der Waals surface area contributed by atoms with E-state index in [4.69, 9.17) is 0 Å². The minimum atomic E-state index is 0.335. The SMILES string of the molecule is CC1=CC(N2CCCC2)C2C(=N1)C=NN2C. The molecule has 0 aliphatic carbocycles. The summed E-state index contributed by atoms with van der Waals surface area (Å²) in [5.41, 5.74) is 2.25. The van der Waals surface area contributed by atoms with Gasteiger partial charge < -0.3 is 0 Å². The van der Waals surface area contributed by atoms with Crippen LogP contribution in [0.2, 0.25) is 0 Å². The van der Waals surface area contributed by atoms with Crippen molar-refractivity contribution in [1.82, 2.24) is 9.91 Å². The van der Waals surface area contributed by atoms with Crippen LogP contribution < -0.4 is 0 Å². The average Bonchev–Trinajstić information content (AvgIpc) is 2.87. The molecule has 0 N–H and O–H groups in total. The van der Waals surface area contributed by atoms with Crippen molar-refractivity contribution in [3.63, 3.8) is 0 Å². The van der Waals surface area contributed by atoms with Crippen LogP contribution in [0.3, 0.4) is 0 Å². The lowest BCUT2D eigenvalue weighted by atomic mass is 9.98. The van der Waals surface area contributed by atoms with E-state index >= 15 is 0 Å². The largest absolute Gasteiger partial charge is 0.294 e. The minimum Gasteiger partial charge on any atom is -0.294 e. The molecule has 0 amide bonds. The standard InChI is InChI=1S/C12H18N4/c1-9-7-11(16-5-3-4-6-16)12-10(14-9)8-13-15(12)2/h7-8,11-12H,3-6H2,1-2H3. The van der Waals surface area contributed by atoms with Gasteiger partial charge in [0.25, 0.3) is 0 Å². The van der Waals surface area contributed by atoms with Gasteiger partial charge in [-0.15, -0.1) is 0 Å². The van der Waals surface area contributed by atoms with Crippen molar-refractivity contribution >= 4 is 11.9 Å². The summed E-state index contributed by atoms with van der Waals surface area (Å²) in [6.07, 6.45) is 6.86. The lowest BCUT2D eigenvalue weighted by Crippen LogP contribution is -2.50. The number of fused-ring (bicyclic) bond motifs is 1. The zero-order chi connectivity index (χ0) is 11.1. The summed E-state index contributed by atoms with van der Waals surface area (Å²) in [5, 5.41) is 6.40. The summed E-state index contributed by atoms with van der Waals surface area (Å²) in [7, 11) is 2.04. The first-order valence-corrected chi connectivity index (χ1v) is 6.03. The third kappa shape index (κ3) is 1.48. The molecule has 4 heteroatoms. The molecule has 0 saturated carbocycles. The first kappa shape index (κ1) is 10.0. The molecule has 3 rings (SSSR count). The summed E-state index contributed by atoms with van der Waals surface area (Å²) < 4.78 is 0. The molecule has 86 valence electrons. The molecule has 2 atom stereocenters. The Bertz CT molecular complexity index is 376. The lowest BCUT2D eigenvalue weighted by molar-refractivity contribution is 0.188. The fraction of sp³-hybridized carbons (Fsp3) is 0.667. The molecule has 3 aliphatic rings. The van der Waals surface area contributed by atoms with Crippen LogP contribution >= 0.6 is 0 Å². The van der Waals surface area contributed by atoms with Gasteiger partial charge in [-0.1, -0.05) is 0 Å². The van der Waals surface area contributed by atoms with Gasteiger partial charge in [-0.25, -0.2) is 0 Å². The molecule has 1 saturated heterocycles. The second kappa shape index (κ2) is 3.70. The molecule has 0 radical (unpaired) electrons. The molecule has 2 unspecified atom stereocenters. The predicted molar refractivity (Wildman–Crippen MR) is 65.8 cm³/mol. The van der Waals surface area contributed by atoms with Crippen LogP contribution in [0, 0.1) is 0 Å². The molecule has 16 heavy (non-hydrogen) atoms. The molecule has 0 bridgehead atoms. The zero-order valence-electron chi connectivity index (χ0n) is 9.93. The number of likely N-dealkylation sites (tertiary alicyclic amines) is 1. The maximum atomic E-state index is 4.58. The Morgan fingerprint density at radius 3 is 2.81 bits per heavy atom. The van der Waals surface area contributed by atoms with Crippen LogP contribution in [-0.2, 0) is 0 Å². The third-order valence-corrected chi connectivity index (χ3v) is 3.68. The topological polar surface area (TPSA) is 31.2 Å². The Labute approximate surface area is 96.3 Å². The van der Waals surface area contributed by atoms with Crippen molar-refractivity contribution < 1.29 is 0 Å². The number of nitrogens with zero attached hydrogens (tertiary/aromatic N) is 4. The molecule has 1 fully saturated rings. The van der Waals surface area contributed by atoms with Crippen molar-refractivity contribution in [2.24, 2.45) is 10.1 Å². The number of hydrogen-bond acceptors (Lipinski definition) is 4. The van der Waals surface area contributed by atoms with E-state index in [9.17, 15) is 0 Å². The Kier molecular flexibility index (Phi) is 2.32. The smallest absolute Gasteiger partial charge is 0.109 e. The Hall–Kier alpha value is -1.16. The number of hydrogen-bond donors (Lipinski definition) is 0. The highest BCUT2D eigenvalue weighted by Gasteiger charge is 2.37. The maximum absolute atomic E-state index is 4.58. The summed E-state index contributed by atoms with van der Waals surface area (Å²) in [6.45, 7) is 4.51. The second-order valence-electron chi connectivity index (χ2n) is 4.84. The second-order valence-corrected chi connectivity index (χ2v) is 4.84.